The van der Waals surface area contributed by atoms with E-state index in [-0.39, 0.29) is 6.42 Å². The van der Waals surface area contributed by atoms with Crippen LogP contribution in [0.3, 0.4) is 0 Å². The van der Waals surface area contributed by atoms with Gasteiger partial charge in [-0.2, -0.15) is 13.2 Å². The highest BCUT2D eigenvalue weighted by Crippen LogP contribution is 2.32. The number of amides is 1. The van der Waals surface area contributed by atoms with Crippen molar-refractivity contribution in [3.63, 3.8) is 0 Å². The summed E-state index contributed by atoms with van der Waals surface area (Å²) in [6.45, 7) is 3.57. The summed E-state index contributed by atoms with van der Waals surface area (Å²) in [7, 11) is 0. The summed E-state index contributed by atoms with van der Waals surface area (Å²) in [5.74, 6) is -0.977. The minimum absolute atomic E-state index is 0.0182. The van der Waals surface area contributed by atoms with Crippen LogP contribution in [0, 0.1) is 0 Å². The lowest BCUT2D eigenvalue weighted by Crippen LogP contribution is -2.34. The van der Waals surface area contributed by atoms with Gasteiger partial charge in [0.1, 0.15) is 6.17 Å². The Morgan fingerprint density at radius 3 is 2.22 bits per heavy atom. The molecule has 0 spiro atoms. The zero-order valence-electron chi connectivity index (χ0n) is 20.7. The second-order valence-electron chi connectivity index (χ2n) is 9.50. The van der Waals surface area contributed by atoms with Crippen molar-refractivity contribution in [2.45, 2.75) is 83.2 Å². The number of rotatable bonds is 11. The Morgan fingerprint density at radius 1 is 0.944 bits per heavy atom. The van der Waals surface area contributed by atoms with E-state index in [1.165, 1.54) is 12.1 Å². The Labute approximate surface area is 210 Å². The first-order chi connectivity index (χ1) is 17.2. The van der Waals surface area contributed by atoms with E-state index in [4.69, 9.17) is 0 Å². The lowest BCUT2D eigenvalue weighted by molar-refractivity contribution is -0.137. The van der Waals surface area contributed by atoms with E-state index in [9.17, 15) is 26.7 Å². The minimum Gasteiger partial charge on any atom is -0.370 e. The molecule has 2 unspecified atom stereocenters. The van der Waals surface area contributed by atoms with Gasteiger partial charge in [0.2, 0.25) is 6.17 Å². The molecule has 198 valence electrons. The first kappa shape index (κ1) is 27.9. The molecular weight excluding hydrogens is 475 g/mol. The first-order valence-electron chi connectivity index (χ1n) is 12.8. The van der Waals surface area contributed by atoms with Gasteiger partial charge in [0.25, 0.3) is 5.91 Å². The second-order valence-corrected chi connectivity index (χ2v) is 9.50. The summed E-state index contributed by atoms with van der Waals surface area (Å²) >= 11 is 0. The van der Waals surface area contributed by atoms with E-state index < -0.39 is 30.0 Å². The van der Waals surface area contributed by atoms with Crippen LogP contribution in [0.25, 0.3) is 0 Å². The average molecular weight is 511 g/mol. The summed E-state index contributed by atoms with van der Waals surface area (Å²) in [6.07, 6.45) is -1.93. The molecule has 1 heterocycles. The fourth-order valence-corrected chi connectivity index (χ4v) is 4.49. The van der Waals surface area contributed by atoms with Crippen LogP contribution < -0.4 is 10.2 Å². The Morgan fingerprint density at radius 2 is 1.58 bits per heavy atom. The van der Waals surface area contributed by atoms with Crippen molar-refractivity contribution in [3.8, 4) is 0 Å². The van der Waals surface area contributed by atoms with Gasteiger partial charge in [0.05, 0.1) is 16.9 Å². The van der Waals surface area contributed by atoms with Crippen LogP contribution in [0.2, 0.25) is 0 Å². The molecule has 0 saturated carbocycles. The van der Waals surface area contributed by atoms with E-state index in [0.29, 0.717) is 24.9 Å². The van der Waals surface area contributed by atoms with Gasteiger partial charge < -0.3 is 10.2 Å². The SMILES string of the molecule is CCCCCC(F)C(F)C(=O)Nc1ccc(CCc2ccc(C(F)(F)F)cc2)cc1N1CCCCC1. The van der Waals surface area contributed by atoms with Gasteiger partial charge in [-0.05, 0) is 73.9 Å². The zero-order chi connectivity index (χ0) is 26.1. The maximum Gasteiger partial charge on any atom is 0.416 e. The molecule has 3 nitrogen and oxygen atoms in total. The summed E-state index contributed by atoms with van der Waals surface area (Å²) in [6, 6.07) is 10.6. The smallest absolute Gasteiger partial charge is 0.370 e. The fraction of sp³-hybridized carbons (Fsp3) is 0.536. The van der Waals surface area contributed by atoms with Crippen LogP contribution in [-0.4, -0.2) is 31.3 Å². The summed E-state index contributed by atoms with van der Waals surface area (Å²) in [5, 5.41) is 2.60. The third-order valence-corrected chi connectivity index (χ3v) is 6.65. The van der Waals surface area contributed by atoms with E-state index in [0.717, 1.165) is 74.1 Å². The van der Waals surface area contributed by atoms with Crippen LogP contribution in [0.5, 0.6) is 0 Å². The molecular formula is C28H35F5N2O. The van der Waals surface area contributed by atoms with Crippen molar-refractivity contribution >= 4 is 17.3 Å². The Bertz CT molecular complexity index is 971. The topological polar surface area (TPSA) is 32.3 Å². The monoisotopic (exact) mass is 510 g/mol. The number of piperidine rings is 1. The third kappa shape index (κ3) is 7.93. The van der Waals surface area contributed by atoms with Crippen molar-refractivity contribution < 1.29 is 26.7 Å². The normalized spacial score (nSPS) is 16.0. The van der Waals surface area contributed by atoms with Gasteiger partial charge in [0.15, 0.2) is 0 Å². The quantitative estimate of drug-likeness (QED) is 0.248. The van der Waals surface area contributed by atoms with Crippen molar-refractivity contribution in [1.29, 1.82) is 0 Å². The van der Waals surface area contributed by atoms with E-state index in [1.54, 1.807) is 6.07 Å². The number of anilines is 2. The highest BCUT2D eigenvalue weighted by atomic mass is 19.4. The fourth-order valence-electron chi connectivity index (χ4n) is 4.49. The van der Waals surface area contributed by atoms with Crippen LogP contribution in [0.4, 0.5) is 33.3 Å². The van der Waals surface area contributed by atoms with Crippen molar-refractivity contribution in [2.75, 3.05) is 23.3 Å². The number of nitrogens with one attached hydrogen (secondary N) is 1. The van der Waals surface area contributed by atoms with Gasteiger partial charge in [-0.25, -0.2) is 8.78 Å². The summed E-state index contributed by atoms with van der Waals surface area (Å²) in [5.41, 5.74) is 2.28. The van der Waals surface area contributed by atoms with Crippen LogP contribution in [0.15, 0.2) is 42.5 Å². The highest BCUT2D eigenvalue weighted by molar-refractivity contribution is 5.97. The number of halogens is 5. The number of aryl methyl sites for hydroxylation is 2. The van der Waals surface area contributed by atoms with Gasteiger partial charge in [-0.1, -0.05) is 44.4 Å². The molecule has 2 aromatic carbocycles. The average Bonchev–Trinajstić information content (AvgIpc) is 2.88. The predicted octanol–water partition coefficient (Wildman–Crippen LogP) is 7.68. The Hall–Kier alpha value is -2.64. The molecule has 36 heavy (non-hydrogen) atoms. The van der Waals surface area contributed by atoms with E-state index >= 15 is 0 Å². The number of benzene rings is 2. The molecule has 1 saturated heterocycles. The van der Waals surface area contributed by atoms with Gasteiger partial charge in [-0.3, -0.25) is 4.79 Å². The first-order valence-corrected chi connectivity index (χ1v) is 12.8. The van der Waals surface area contributed by atoms with Gasteiger partial charge in [-0.15, -0.1) is 0 Å². The number of nitrogens with zero attached hydrogens (tertiary/aromatic N) is 1. The number of unbranched alkanes of at least 4 members (excludes halogenated alkanes) is 2. The zero-order valence-corrected chi connectivity index (χ0v) is 20.7. The van der Waals surface area contributed by atoms with Crippen molar-refractivity contribution in [1.82, 2.24) is 0 Å². The van der Waals surface area contributed by atoms with Gasteiger partial charge >= 0.3 is 6.18 Å². The number of carbonyl (C=O) groups excluding carboxylic acids is 1. The minimum atomic E-state index is -4.36. The summed E-state index contributed by atoms with van der Waals surface area (Å²) < 4.78 is 67.1. The maximum atomic E-state index is 14.5. The maximum absolute atomic E-state index is 14.5. The molecule has 0 aromatic heterocycles. The number of carbonyl (C=O) groups is 1. The second kappa shape index (κ2) is 13.1. The summed E-state index contributed by atoms with van der Waals surface area (Å²) in [4.78, 5) is 14.6. The molecule has 1 fully saturated rings. The Balaban J connectivity index is 1.71. The van der Waals surface area contributed by atoms with Crippen LogP contribution >= 0.6 is 0 Å². The highest BCUT2D eigenvalue weighted by Gasteiger charge is 2.30. The number of hydrogen-bond donors (Lipinski definition) is 1. The van der Waals surface area contributed by atoms with E-state index in [2.05, 4.69) is 10.2 Å². The van der Waals surface area contributed by atoms with Gasteiger partial charge in [0, 0.05) is 13.1 Å². The lowest BCUT2D eigenvalue weighted by atomic mass is 10.0. The molecule has 1 amide bonds. The molecule has 2 aromatic rings. The number of alkyl halides is 5. The Kier molecular flexibility index (Phi) is 10.1. The largest absolute Gasteiger partial charge is 0.416 e. The van der Waals surface area contributed by atoms with Crippen LogP contribution in [-0.2, 0) is 23.8 Å². The van der Waals surface area contributed by atoms with Crippen molar-refractivity contribution in [3.05, 3.63) is 59.2 Å². The lowest BCUT2D eigenvalue weighted by Gasteiger charge is -2.31. The predicted molar refractivity (Wildman–Crippen MR) is 134 cm³/mol. The van der Waals surface area contributed by atoms with Crippen molar-refractivity contribution in [2.24, 2.45) is 0 Å². The molecule has 0 bridgehead atoms. The standard InChI is InChI=1S/C28H35F5N2O/c1-2-3-5-8-23(29)26(30)27(36)34-24-16-13-21(19-25(24)35-17-6-4-7-18-35)10-9-20-11-14-22(15-12-20)28(31,32)33/h11-16,19,23,26H,2-10,17-18H2,1H3,(H,34,36). The molecule has 3 rings (SSSR count). The molecule has 0 aliphatic carbocycles. The molecule has 8 heteroatoms. The number of hydrogen-bond acceptors (Lipinski definition) is 2. The third-order valence-electron chi connectivity index (χ3n) is 6.65. The van der Waals surface area contributed by atoms with E-state index in [1.807, 2.05) is 19.1 Å². The molecule has 0 radical (unpaired) electrons. The molecule has 1 aliphatic rings. The van der Waals surface area contributed by atoms with Crippen LogP contribution in [0.1, 0.15) is 68.6 Å². The molecule has 2 atom stereocenters. The molecule has 1 aliphatic heterocycles. The molecule has 1 N–H and O–H groups in total.